The number of carbonyl (C=O) groups is 2. The highest BCUT2D eigenvalue weighted by molar-refractivity contribution is 6.26. The van der Waals surface area contributed by atoms with Gasteiger partial charge in [0.2, 0.25) is 0 Å². The number of carbonyl (C=O) groups excluding carboxylic acids is 2. The van der Waals surface area contributed by atoms with E-state index in [4.69, 9.17) is 16.3 Å². The molecule has 0 spiro atoms. The van der Waals surface area contributed by atoms with Gasteiger partial charge in [0.25, 0.3) is 0 Å². The first-order valence-electron chi connectivity index (χ1n) is 4.73. The van der Waals surface area contributed by atoms with Crippen LogP contribution in [0.5, 0.6) is 0 Å². The molecule has 0 aromatic carbocycles. The Hall–Kier alpha value is -0.570. The van der Waals surface area contributed by atoms with E-state index in [9.17, 15) is 9.59 Å². The highest BCUT2D eigenvalue weighted by Gasteiger charge is 2.16. The van der Waals surface area contributed by atoms with Gasteiger partial charge in [0.1, 0.15) is 11.7 Å². The van der Waals surface area contributed by atoms with Crippen molar-refractivity contribution < 1.29 is 14.3 Å². The van der Waals surface area contributed by atoms with E-state index in [2.05, 4.69) is 0 Å². The van der Waals surface area contributed by atoms with Crippen LogP contribution in [0, 0.1) is 11.8 Å². The van der Waals surface area contributed by atoms with E-state index in [1.165, 1.54) is 0 Å². The van der Waals surface area contributed by atoms with Crippen LogP contribution in [-0.2, 0) is 14.3 Å². The first-order chi connectivity index (χ1) is 6.49. The predicted molar refractivity (Wildman–Crippen MR) is 55.3 cm³/mol. The minimum atomic E-state index is -0.475. The number of alkyl halides is 1. The Labute approximate surface area is 89.8 Å². The number of ether oxygens (including phenoxy) is 1. The zero-order valence-corrected chi connectivity index (χ0v) is 9.63. The van der Waals surface area contributed by atoms with Crippen molar-refractivity contribution in [2.75, 3.05) is 12.5 Å². The second kappa shape index (κ2) is 6.82. The molecule has 0 aromatic heterocycles. The summed E-state index contributed by atoms with van der Waals surface area (Å²) < 4.78 is 4.70. The molecule has 14 heavy (non-hydrogen) atoms. The molecule has 1 unspecified atom stereocenters. The topological polar surface area (TPSA) is 43.4 Å². The van der Waals surface area contributed by atoms with E-state index < -0.39 is 5.97 Å². The number of rotatable bonds is 6. The molecule has 1 atom stereocenters. The number of hydrogen-bond acceptors (Lipinski definition) is 3. The largest absolute Gasteiger partial charge is 0.464 e. The summed E-state index contributed by atoms with van der Waals surface area (Å²) in [4.78, 5) is 22.1. The molecular formula is C10H17ClO3. The third kappa shape index (κ3) is 5.22. The van der Waals surface area contributed by atoms with Crippen LogP contribution in [0.2, 0.25) is 0 Å². The molecule has 0 saturated heterocycles. The molecule has 0 aromatic rings. The molecule has 0 heterocycles. The van der Waals surface area contributed by atoms with Gasteiger partial charge in [0, 0.05) is 12.3 Å². The van der Waals surface area contributed by atoms with Crippen molar-refractivity contribution in [3.05, 3.63) is 0 Å². The lowest BCUT2D eigenvalue weighted by atomic mass is 9.92. The van der Waals surface area contributed by atoms with Crippen molar-refractivity contribution in [1.29, 1.82) is 0 Å². The molecule has 3 nitrogen and oxygen atoms in total. The van der Waals surface area contributed by atoms with Gasteiger partial charge in [-0.2, -0.15) is 0 Å². The maximum Gasteiger partial charge on any atom is 0.320 e. The molecule has 0 aliphatic rings. The van der Waals surface area contributed by atoms with Crippen molar-refractivity contribution in [1.82, 2.24) is 0 Å². The fourth-order valence-corrected chi connectivity index (χ4v) is 0.981. The third-order valence-corrected chi connectivity index (χ3v) is 2.45. The van der Waals surface area contributed by atoms with Crippen LogP contribution in [-0.4, -0.2) is 24.2 Å². The Morgan fingerprint density at radius 3 is 2.29 bits per heavy atom. The standard InChI is InChI=1S/C10H17ClO3/c1-7(2)8(3)9(12)4-5-14-10(13)6-11/h7-8H,4-6H2,1-3H3. The summed E-state index contributed by atoms with van der Waals surface area (Å²) >= 11 is 5.22. The molecule has 0 bridgehead atoms. The molecule has 0 rings (SSSR count). The van der Waals surface area contributed by atoms with E-state index in [1.54, 1.807) is 0 Å². The van der Waals surface area contributed by atoms with Crippen LogP contribution in [0.3, 0.4) is 0 Å². The molecule has 0 aliphatic carbocycles. The summed E-state index contributed by atoms with van der Waals surface area (Å²) in [5.74, 6) is -0.163. The first kappa shape index (κ1) is 13.4. The number of halogens is 1. The average Bonchev–Trinajstić information content (AvgIpc) is 2.15. The van der Waals surface area contributed by atoms with Crippen LogP contribution in [0.1, 0.15) is 27.2 Å². The Bertz CT molecular complexity index is 202. The summed E-state index contributed by atoms with van der Waals surface area (Å²) in [5.41, 5.74) is 0. The third-order valence-electron chi connectivity index (χ3n) is 2.23. The normalized spacial score (nSPS) is 12.6. The van der Waals surface area contributed by atoms with Gasteiger partial charge in [-0.1, -0.05) is 20.8 Å². The maximum atomic E-state index is 11.4. The SMILES string of the molecule is CC(C)C(C)C(=O)CCOC(=O)CCl. The minimum absolute atomic E-state index is 0.0182. The van der Waals surface area contributed by atoms with E-state index in [-0.39, 0.29) is 30.6 Å². The van der Waals surface area contributed by atoms with Gasteiger partial charge in [0.15, 0.2) is 0 Å². The van der Waals surface area contributed by atoms with Gasteiger partial charge in [0.05, 0.1) is 6.61 Å². The number of esters is 1. The molecule has 0 radical (unpaired) electrons. The Balaban J connectivity index is 3.69. The Kier molecular flexibility index (Phi) is 6.54. The van der Waals surface area contributed by atoms with Gasteiger partial charge < -0.3 is 4.74 Å². The van der Waals surface area contributed by atoms with Crippen molar-refractivity contribution >= 4 is 23.4 Å². The molecule has 0 saturated carbocycles. The zero-order valence-electron chi connectivity index (χ0n) is 8.88. The molecule has 82 valence electrons. The van der Waals surface area contributed by atoms with E-state index in [0.717, 1.165) is 0 Å². The fourth-order valence-electron chi connectivity index (χ4n) is 0.903. The second-order valence-corrected chi connectivity index (χ2v) is 3.87. The molecular weight excluding hydrogens is 204 g/mol. The van der Waals surface area contributed by atoms with Crippen molar-refractivity contribution in [2.24, 2.45) is 11.8 Å². The second-order valence-electron chi connectivity index (χ2n) is 3.60. The summed E-state index contributed by atoms with van der Waals surface area (Å²) in [6.07, 6.45) is 0.280. The summed E-state index contributed by atoms with van der Waals surface area (Å²) in [6.45, 7) is 6.01. The highest BCUT2D eigenvalue weighted by atomic mass is 35.5. The van der Waals surface area contributed by atoms with Gasteiger partial charge in [-0.25, -0.2) is 0 Å². The molecule has 0 N–H and O–H groups in total. The number of ketones is 1. The quantitative estimate of drug-likeness (QED) is 0.508. The summed E-state index contributed by atoms with van der Waals surface area (Å²) in [7, 11) is 0. The first-order valence-corrected chi connectivity index (χ1v) is 5.26. The lowest BCUT2D eigenvalue weighted by molar-refractivity contribution is -0.141. The lowest BCUT2D eigenvalue weighted by Gasteiger charge is -2.13. The highest BCUT2D eigenvalue weighted by Crippen LogP contribution is 2.12. The van der Waals surface area contributed by atoms with Crippen molar-refractivity contribution in [3.8, 4) is 0 Å². The van der Waals surface area contributed by atoms with Crippen LogP contribution in [0.25, 0.3) is 0 Å². The lowest BCUT2D eigenvalue weighted by Crippen LogP contribution is -2.19. The number of Topliss-reactive ketones (excluding diaryl/α,β-unsaturated/α-hetero) is 1. The monoisotopic (exact) mass is 220 g/mol. The summed E-state index contributed by atoms with van der Waals surface area (Å²) in [5, 5.41) is 0. The molecule has 0 aliphatic heterocycles. The van der Waals surface area contributed by atoms with E-state index in [0.29, 0.717) is 5.92 Å². The van der Waals surface area contributed by atoms with Gasteiger partial charge in [-0.3, -0.25) is 9.59 Å². The summed E-state index contributed by atoms with van der Waals surface area (Å²) in [6, 6.07) is 0. The molecule has 0 fully saturated rings. The molecule has 4 heteroatoms. The van der Waals surface area contributed by atoms with Crippen LogP contribution >= 0.6 is 11.6 Å². The molecule has 0 amide bonds. The smallest absolute Gasteiger partial charge is 0.320 e. The van der Waals surface area contributed by atoms with Crippen LogP contribution in [0.15, 0.2) is 0 Å². The van der Waals surface area contributed by atoms with Gasteiger partial charge >= 0.3 is 5.97 Å². The maximum absolute atomic E-state index is 11.4. The van der Waals surface area contributed by atoms with Gasteiger partial charge in [-0.15, -0.1) is 11.6 Å². The Morgan fingerprint density at radius 2 is 1.86 bits per heavy atom. The minimum Gasteiger partial charge on any atom is -0.464 e. The van der Waals surface area contributed by atoms with Crippen LogP contribution in [0.4, 0.5) is 0 Å². The van der Waals surface area contributed by atoms with Crippen molar-refractivity contribution in [2.45, 2.75) is 27.2 Å². The van der Waals surface area contributed by atoms with E-state index >= 15 is 0 Å². The van der Waals surface area contributed by atoms with Crippen LogP contribution < -0.4 is 0 Å². The zero-order chi connectivity index (χ0) is 11.1. The van der Waals surface area contributed by atoms with E-state index in [1.807, 2.05) is 20.8 Å². The van der Waals surface area contributed by atoms with Gasteiger partial charge in [-0.05, 0) is 5.92 Å². The predicted octanol–water partition coefficient (Wildman–Crippen LogP) is 2.02. The number of hydrogen-bond donors (Lipinski definition) is 0. The Morgan fingerprint density at radius 1 is 1.29 bits per heavy atom. The average molecular weight is 221 g/mol. The fraction of sp³-hybridized carbons (Fsp3) is 0.800. The van der Waals surface area contributed by atoms with Crippen molar-refractivity contribution in [3.63, 3.8) is 0 Å².